The largest absolute Gasteiger partial charge is 0.298 e. The Morgan fingerprint density at radius 1 is 0.325 bits per heavy atom. The van der Waals surface area contributed by atoms with Gasteiger partial charge in [0.05, 0.1) is 0 Å². The number of hydrogen-bond donors (Lipinski definition) is 0. The monoisotopic (exact) mass is 518 g/mol. The molecule has 0 spiro atoms. The van der Waals surface area contributed by atoms with Gasteiger partial charge in [0.15, 0.2) is 0 Å². The van der Waals surface area contributed by atoms with Crippen molar-refractivity contribution >= 4 is 6.29 Å². The Morgan fingerprint density at radius 3 is 0.900 bits per heavy atom. The first-order valence-corrected chi connectivity index (χ1v) is 13.6. The van der Waals surface area contributed by atoms with E-state index in [1.165, 1.54) is 33.4 Å². The van der Waals surface area contributed by atoms with E-state index in [0.29, 0.717) is 0 Å². The molecule has 0 saturated heterocycles. The third-order valence-corrected chi connectivity index (χ3v) is 6.42. The molecule has 0 aliphatic carbocycles. The second-order valence-corrected chi connectivity index (χ2v) is 9.31. The van der Waals surface area contributed by atoms with Crippen LogP contribution in [0.25, 0.3) is 22.3 Å². The van der Waals surface area contributed by atoms with E-state index in [1.807, 2.05) is 30.3 Å². The van der Waals surface area contributed by atoms with Gasteiger partial charge in [0.25, 0.3) is 0 Å². The summed E-state index contributed by atoms with van der Waals surface area (Å²) in [5.41, 5.74) is 8.60. The minimum absolute atomic E-state index is 0.729. The number of benzene rings is 6. The Kier molecular flexibility index (Phi) is 11.2. The number of carbonyl (C=O) groups excluding carboxylic acids is 1. The highest BCUT2D eigenvalue weighted by atomic mass is 16.1. The second kappa shape index (κ2) is 16.1. The Bertz CT molecular complexity index is 1400. The Morgan fingerprint density at radius 2 is 0.600 bits per heavy atom. The van der Waals surface area contributed by atoms with Gasteiger partial charge in [-0.2, -0.15) is 0 Å². The summed E-state index contributed by atoms with van der Waals surface area (Å²) in [4.78, 5) is 10.0. The lowest BCUT2D eigenvalue weighted by Crippen LogP contribution is -1.89. The van der Waals surface area contributed by atoms with Crippen molar-refractivity contribution in [1.82, 2.24) is 0 Å². The molecular weight excluding hydrogens is 484 g/mol. The Hall–Kier alpha value is -5.01. The van der Waals surface area contributed by atoms with E-state index in [4.69, 9.17) is 0 Å². The fourth-order valence-electron chi connectivity index (χ4n) is 4.23. The van der Waals surface area contributed by atoms with Crippen LogP contribution in [0.1, 0.15) is 21.5 Å². The van der Waals surface area contributed by atoms with Gasteiger partial charge in [-0.15, -0.1) is 0 Å². The Labute approximate surface area is 238 Å². The van der Waals surface area contributed by atoms with Crippen LogP contribution in [0.5, 0.6) is 0 Å². The topological polar surface area (TPSA) is 17.1 Å². The van der Waals surface area contributed by atoms with Crippen LogP contribution >= 0.6 is 0 Å². The number of aryl methyl sites for hydroxylation is 2. The van der Waals surface area contributed by atoms with Crippen LogP contribution in [0, 0.1) is 0 Å². The van der Waals surface area contributed by atoms with Gasteiger partial charge in [-0.3, -0.25) is 4.79 Å². The molecule has 6 aromatic rings. The lowest BCUT2D eigenvalue weighted by atomic mass is 10.0. The first-order chi connectivity index (χ1) is 19.8. The molecule has 6 rings (SSSR count). The molecule has 0 aliphatic rings. The van der Waals surface area contributed by atoms with Crippen molar-refractivity contribution in [2.75, 3.05) is 0 Å². The number of carbonyl (C=O) groups is 1. The lowest BCUT2D eigenvalue weighted by molar-refractivity contribution is 0.112. The molecule has 40 heavy (non-hydrogen) atoms. The standard InChI is InChI=1S/C18H14.C14H14.C7H6O/c1-3-7-15(8-4-1)17-11-13-18(14-12-17)16-9-5-2-6-10-16;1-3-7-13(8-4-1)11-12-14-9-5-2-6-10-14;8-6-7-4-2-1-3-5-7/h1-14H;1-10H,11-12H2;1-6H. The molecule has 0 N–H and O–H groups in total. The maximum Gasteiger partial charge on any atom is 0.150 e. The Balaban J connectivity index is 0.000000149. The van der Waals surface area contributed by atoms with E-state index in [-0.39, 0.29) is 0 Å². The summed E-state index contributed by atoms with van der Waals surface area (Å²) >= 11 is 0. The summed E-state index contributed by atoms with van der Waals surface area (Å²) in [7, 11) is 0. The highest BCUT2D eigenvalue weighted by Gasteiger charge is 1.99. The maximum absolute atomic E-state index is 10.0. The SMILES string of the molecule is O=Cc1ccccc1.c1ccc(-c2ccc(-c3ccccc3)cc2)cc1.c1ccc(CCc2ccccc2)cc1. The summed E-state index contributed by atoms with van der Waals surface area (Å²) in [6.07, 6.45) is 3.09. The predicted molar refractivity (Wildman–Crippen MR) is 169 cm³/mol. The van der Waals surface area contributed by atoms with Crippen LogP contribution in [-0.2, 0) is 12.8 Å². The fourth-order valence-corrected chi connectivity index (χ4v) is 4.23. The molecule has 0 aromatic heterocycles. The van der Waals surface area contributed by atoms with Crippen LogP contribution in [0.3, 0.4) is 0 Å². The van der Waals surface area contributed by atoms with Crippen molar-refractivity contribution in [3.63, 3.8) is 0 Å². The molecule has 0 aliphatic heterocycles. The molecular formula is C39H34O. The second-order valence-electron chi connectivity index (χ2n) is 9.31. The number of aldehydes is 1. The average Bonchev–Trinajstić information content (AvgIpc) is 3.07. The zero-order chi connectivity index (χ0) is 27.7. The van der Waals surface area contributed by atoms with Crippen molar-refractivity contribution in [1.29, 1.82) is 0 Å². The van der Waals surface area contributed by atoms with Crippen molar-refractivity contribution in [2.45, 2.75) is 12.8 Å². The lowest BCUT2D eigenvalue weighted by Gasteiger charge is -2.04. The molecule has 0 bridgehead atoms. The molecule has 6 aromatic carbocycles. The van der Waals surface area contributed by atoms with Crippen LogP contribution < -0.4 is 0 Å². The van der Waals surface area contributed by atoms with E-state index < -0.39 is 0 Å². The number of hydrogen-bond acceptors (Lipinski definition) is 1. The quantitative estimate of drug-likeness (QED) is 0.201. The van der Waals surface area contributed by atoms with Gasteiger partial charge in [0.1, 0.15) is 6.29 Å². The van der Waals surface area contributed by atoms with E-state index in [1.54, 1.807) is 12.1 Å². The molecule has 0 radical (unpaired) electrons. The minimum atomic E-state index is 0.729. The van der Waals surface area contributed by atoms with Crippen molar-refractivity contribution in [3.8, 4) is 22.3 Å². The van der Waals surface area contributed by atoms with E-state index in [0.717, 1.165) is 24.7 Å². The first kappa shape index (κ1) is 28.0. The number of rotatable bonds is 6. The molecule has 0 amide bonds. The van der Waals surface area contributed by atoms with Crippen LogP contribution in [0.4, 0.5) is 0 Å². The molecule has 1 heteroatoms. The molecule has 0 unspecified atom stereocenters. The van der Waals surface area contributed by atoms with E-state index in [2.05, 4.69) is 133 Å². The molecule has 0 saturated carbocycles. The van der Waals surface area contributed by atoms with Crippen molar-refractivity contribution < 1.29 is 4.79 Å². The summed E-state index contributed by atoms with van der Waals surface area (Å²) in [6.45, 7) is 0. The zero-order valence-corrected chi connectivity index (χ0v) is 22.6. The summed E-state index contributed by atoms with van der Waals surface area (Å²) < 4.78 is 0. The molecule has 196 valence electrons. The van der Waals surface area contributed by atoms with Crippen molar-refractivity contribution in [3.05, 3.63) is 193 Å². The molecule has 0 atom stereocenters. The van der Waals surface area contributed by atoms with Gasteiger partial charge < -0.3 is 0 Å². The van der Waals surface area contributed by atoms with Gasteiger partial charge in [-0.25, -0.2) is 0 Å². The zero-order valence-electron chi connectivity index (χ0n) is 22.6. The van der Waals surface area contributed by atoms with Gasteiger partial charge in [0, 0.05) is 5.56 Å². The van der Waals surface area contributed by atoms with E-state index in [9.17, 15) is 4.79 Å². The van der Waals surface area contributed by atoms with Crippen LogP contribution in [0.2, 0.25) is 0 Å². The molecule has 0 fully saturated rings. The molecule has 1 nitrogen and oxygen atoms in total. The van der Waals surface area contributed by atoms with Crippen molar-refractivity contribution in [2.24, 2.45) is 0 Å². The molecule has 0 heterocycles. The summed E-state index contributed by atoms with van der Waals surface area (Å²) in [5.74, 6) is 0. The predicted octanol–water partition coefficient (Wildman–Crippen LogP) is 9.99. The highest BCUT2D eigenvalue weighted by Crippen LogP contribution is 2.24. The van der Waals surface area contributed by atoms with E-state index >= 15 is 0 Å². The van der Waals surface area contributed by atoms with Gasteiger partial charge in [0.2, 0.25) is 0 Å². The average molecular weight is 519 g/mol. The van der Waals surface area contributed by atoms with Gasteiger partial charge >= 0.3 is 0 Å². The normalized spacial score (nSPS) is 9.80. The highest BCUT2D eigenvalue weighted by molar-refractivity contribution is 5.74. The van der Waals surface area contributed by atoms with Gasteiger partial charge in [-0.1, -0.05) is 176 Å². The smallest absolute Gasteiger partial charge is 0.150 e. The minimum Gasteiger partial charge on any atom is -0.298 e. The summed E-state index contributed by atoms with van der Waals surface area (Å²) in [6, 6.07) is 60.0. The van der Waals surface area contributed by atoms with Crippen LogP contribution in [0.15, 0.2) is 176 Å². The summed E-state index contributed by atoms with van der Waals surface area (Å²) in [5, 5.41) is 0. The first-order valence-electron chi connectivity index (χ1n) is 13.6. The maximum atomic E-state index is 10.0. The van der Waals surface area contributed by atoms with Crippen LogP contribution in [-0.4, -0.2) is 6.29 Å². The third-order valence-electron chi connectivity index (χ3n) is 6.42. The third kappa shape index (κ3) is 9.38. The fraction of sp³-hybridized carbons (Fsp3) is 0.0513. The van der Waals surface area contributed by atoms with Gasteiger partial charge in [-0.05, 0) is 46.2 Å².